The maximum Gasteiger partial charge on any atom is 0.171 e. The van der Waals surface area contributed by atoms with Gasteiger partial charge in [0, 0.05) is 6.54 Å². The summed E-state index contributed by atoms with van der Waals surface area (Å²) in [5.41, 5.74) is 1.06. The molecule has 0 bridgehead atoms. The third kappa shape index (κ3) is 3.13. The lowest BCUT2D eigenvalue weighted by atomic mass is 10.0. The number of nitrogens with zero attached hydrogens (tertiary/aromatic N) is 1. The molecule has 1 aromatic rings. The van der Waals surface area contributed by atoms with E-state index in [0.717, 1.165) is 5.56 Å². The van der Waals surface area contributed by atoms with Crippen LogP contribution < -0.4 is 0 Å². The Morgan fingerprint density at radius 3 is 2.14 bits per heavy atom. The lowest BCUT2D eigenvalue weighted by Gasteiger charge is -2.39. The first-order valence-corrected chi connectivity index (χ1v) is 8.20. The van der Waals surface area contributed by atoms with Gasteiger partial charge in [-0.15, -0.1) is 0 Å². The van der Waals surface area contributed by atoms with Gasteiger partial charge in [-0.25, -0.2) is 0 Å². The van der Waals surface area contributed by atoms with Gasteiger partial charge in [0.1, 0.15) is 0 Å². The van der Waals surface area contributed by atoms with Gasteiger partial charge in [-0.2, -0.15) is 0 Å². The van der Waals surface area contributed by atoms with E-state index in [1.165, 1.54) is 0 Å². The molecule has 0 radical (unpaired) electrons. The van der Waals surface area contributed by atoms with Crippen molar-refractivity contribution in [3.63, 3.8) is 0 Å². The van der Waals surface area contributed by atoms with Crippen molar-refractivity contribution in [2.24, 2.45) is 0 Å². The minimum atomic E-state index is -1.29. The zero-order valence-electron chi connectivity index (χ0n) is 10.8. The van der Waals surface area contributed by atoms with Crippen molar-refractivity contribution in [3.05, 3.63) is 56.0 Å². The molecule has 1 nitrogen and oxygen atoms in total. The van der Waals surface area contributed by atoms with Crippen LogP contribution in [0.3, 0.4) is 0 Å². The molecule has 1 aliphatic carbocycles. The summed E-state index contributed by atoms with van der Waals surface area (Å²) in [4.78, 5) is 0.728. The van der Waals surface area contributed by atoms with E-state index >= 15 is 0 Å². The average Bonchev–Trinajstić information content (AvgIpc) is 2.50. The van der Waals surface area contributed by atoms with Crippen LogP contribution in [0.25, 0.3) is 0 Å². The molecule has 0 heterocycles. The third-order valence-corrected chi connectivity index (χ3v) is 6.53. The molecule has 0 saturated heterocycles. The summed E-state index contributed by atoms with van der Waals surface area (Å²) in [6.45, 7) is 0.520. The van der Waals surface area contributed by atoms with Crippen molar-refractivity contribution in [1.29, 1.82) is 0 Å². The number of rotatable bonds is 3. The van der Waals surface area contributed by atoms with Gasteiger partial charge >= 0.3 is 0 Å². The first-order valence-electron chi connectivity index (χ1n) is 5.90. The monoisotopic (exact) mass is 399 g/mol. The van der Waals surface area contributed by atoms with Crippen molar-refractivity contribution in [2.75, 3.05) is 7.05 Å². The molecule has 1 aliphatic rings. The van der Waals surface area contributed by atoms with Crippen LogP contribution in [0.1, 0.15) is 5.56 Å². The molecule has 0 saturated carbocycles. The number of hydrogen-bond donors (Lipinski definition) is 0. The molecule has 0 spiro atoms. The third-order valence-electron chi connectivity index (χ3n) is 3.16. The van der Waals surface area contributed by atoms with Gasteiger partial charge in [0.15, 0.2) is 5.00 Å². The van der Waals surface area contributed by atoms with Gasteiger partial charge in [0.2, 0.25) is 0 Å². The molecule has 0 fully saturated rings. The lowest BCUT2D eigenvalue weighted by Crippen LogP contribution is -2.49. The maximum absolute atomic E-state index is 6.66. The molecular weight excluding hydrogens is 391 g/mol. The second-order valence-corrected chi connectivity index (χ2v) is 7.02. The van der Waals surface area contributed by atoms with Crippen molar-refractivity contribution in [2.45, 2.75) is 11.5 Å². The highest BCUT2D eigenvalue weighted by atomic mass is 35.5. The van der Waals surface area contributed by atoms with E-state index in [0.29, 0.717) is 6.54 Å². The first kappa shape index (κ1) is 17.6. The molecule has 1 unspecified atom stereocenters. The van der Waals surface area contributed by atoms with Crippen LogP contribution in [0.4, 0.5) is 0 Å². The van der Waals surface area contributed by atoms with Crippen LogP contribution in [0.5, 0.6) is 0 Å². The number of allylic oxidation sites excluding steroid dienone is 2. The Labute approximate surface area is 154 Å². The number of hydrogen-bond acceptors (Lipinski definition) is 2. The van der Waals surface area contributed by atoms with Gasteiger partial charge in [-0.05, 0) is 12.6 Å². The molecular formula is C14H10Cl5NS. The maximum atomic E-state index is 6.66. The van der Waals surface area contributed by atoms with E-state index in [-0.39, 0.29) is 25.0 Å². The average molecular weight is 402 g/mol. The summed E-state index contributed by atoms with van der Waals surface area (Å²) < 4.78 is 0. The van der Waals surface area contributed by atoms with E-state index in [9.17, 15) is 0 Å². The lowest BCUT2D eigenvalue weighted by molar-refractivity contribution is 0.291. The van der Waals surface area contributed by atoms with Crippen LogP contribution in [0.15, 0.2) is 50.5 Å². The molecule has 7 heteroatoms. The number of thiocarbonyl (C=S) groups is 1. The molecule has 1 aromatic carbocycles. The van der Waals surface area contributed by atoms with Crippen molar-refractivity contribution in [3.8, 4) is 0 Å². The van der Waals surface area contributed by atoms with Crippen LogP contribution in [0.2, 0.25) is 0 Å². The predicted molar refractivity (Wildman–Crippen MR) is 96.6 cm³/mol. The Morgan fingerprint density at radius 2 is 1.57 bits per heavy atom. The van der Waals surface area contributed by atoms with Crippen LogP contribution in [-0.2, 0) is 6.54 Å². The molecule has 0 aliphatic heterocycles. The van der Waals surface area contributed by atoms with Gasteiger partial charge in [-0.1, -0.05) is 101 Å². The van der Waals surface area contributed by atoms with Crippen molar-refractivity contribution < 1.29 is 0 Å². The summed E-state index contributed by atoms with van der Waals surface area (Å²) >= 11 is 36.5. The Balaban J connectivity index is 2.40. The number of benzene rings is 1. The van der Waals surface area contributed by atoms with Gasteiger partial charge in [-0.3, -0.25) is 4.90 Å². The number of alkyl halides is 1. The predicted octanol–water partition coefficient (Wildman–Crippen LogP) is 5.82. The largest absolute Gasteiger partial charge is 0.275 e. The van der Waals surface area contributed by atoms with E-state index in [1.807, 2.05) is 30.3 Å². The fourth-order valence-electron chi connectivity index (χ4n) is 1.99. The van der Waals surface area contributed by atoms with Crippen LogP contribution >= 0.6 is 70.2 Å². The Hall–Kier alpha value is 0.200. The molecule has 0 aromatic heterocycles. The van der Waals surface area contributed by atoms with E-state index < -0.39 is 5.00 Å². The minimum Gasteiger partial charge on any atom is -0.275 e. The normalized spacial score (nSPS) is 23.3. The minimum absolute atomic E-state index is 0.117. The van der Waals surface area contributed by atoms with E-state index in [4.69, 9.17) is 70.2 Å². The molecule has 112 valence electrons. The van der Waals surface area contributed by atoms with Crippen molar-refractivity contribution >= 4 is 75.1 Å². The Bertz CT molecular complexity index is 640. The molecule has 0 N–H and O–H groups in total. The molecule has 0 amide bonds. The standard InChI is InChI=1S/C14H10Cl5NS/c1-20(7-8-5-3-2-4-6-8)14(19)12(18)10(16)9(15)11(17)13(14)21/h2-6H,7H2,1H3. The van der Waals surface area contributed by atoms with Gasteiger partial charge < -0.3 is 0 Å². The summed E-state index contributed by atoms with van der Waals surface area (Å²) in [5.74, 6) is 0. The topological polar surface area (TPSA) is 3.24 Å². The second kappa shape index (κ2) is 6.76. The fraction of sp³-hybridized carbons (Fsp3) is 0.214. The molecule has 2 rings (SSSR count). The summed E-state index contributed by atoms with van der Waals surface area (Å²) in [5, 5.41) is 0.546. The zero-order chi connectivity index (χ0) is 15.8. The molecule has 21 heavy (non-hydrogen) atoms. The number of halogens is 5. The zero-order valence-corrected chi connectivity index (χ0v) is 15.4. The fourth-order valence-corrected chi connectivity index (χ4v) is 3.89. The van der Waals surface area contributed by atoms with Crippen LogP contribution in [0, 0.1) is 0 Å². The highest BCUT2D eigenvalue weighted by molar-refractivity contribution is 7.81. The Morgan fingerprint density at radius 1 is 1.00 bits per heavy atom. The van der Waals surface area contributed by atoms with Gasteiger partial charge in [0.05, 0.1) is 25.0 Å². The first-order chi connectivity index (χ1) is 9.80. The van der Waals surface area contributed by atoms with E-state index in [1.54, 1.807) is 11.9 Å². The second-order valence-electron chi connectivity index (χ2n) is 4.55. The highest BCUT2D eigenvalue weighted by Gasteiger charge is 2.47. The quantitative estimate of drug-likeness (QED) is 0.357. The SMILES string of the molecule is CN(Cc1ccccc1)C1(Cl)C(=S)C(Cl)=C(Cl)C(Cl)=C1Cl. The summed E-state index contributed by atoms with van der Waals surface area (Å²) in [6, 6.07) is 9.78. The number of likely N-dealkylation sites (N-methyl/N-ethyl adjacent to an activating group) is 1. The van der Waals surface area contributed by atoms with Crippen molar-refractivity contribution in [1.82, 2.24) is 4.90 Å². The van der Waals surface area contributed by atoms with Gasteiger partial charge in [0.25, 0.3) is 0 Å². The summed E-state index contributed by atoms with van der Waals surface area (Å²) in [7, 11) is 1.79. The summed E-state index contributed by atoms with van der Waals surface area (Å²) in [6.07, 6.45) is 0. The van der Waals surface area contributed by atoms with E-state index in [2.05, 4.69) is 0 Å². The molecule has 1 atom stereocenters. The highest BCUT2D eigenvalue weighted by Crippen LogP contribution is 2.47. The Kier molecular flexibility index (Phi) is 5.65. The smallest absolute Gasteiger partial charge is 0.171 e. The van der Waals surface area contributed by atoms with Crippen LogP contribution in [-0.4, -0.2) is 21.8 Å².